The lowest BCUT2D eigenvalue weighted by Gasteiger charge is -2.34. The second-order valence-corrected chi connectivity index (χ2v) is 6.68. The van der Waals surface area contributed by atoms with E-state index in [-0.39, 0.29) is 24.1 Å². The van der Waals surface area contributed by atoms with Crippen molar-refractivity contribution in [3.63, 3.8) is 0 Å². The van der Waals surface area contributed by atoms with Crippen LogP contribution in [0.25, 0.3) is 0 Å². The predicted octanol–water partition coefficient (Wildman–Crippen LogP) is 1.70. The molecule has 0 aromatic carbocycles. The van der Waals surface area contributed by atoms with Gasteiger partial charge < -0.3 is 14.2 Å². The molecule has 0 amide bonds. The Labute approximate surface area is 127 Å². The largest absolute Gasteiger partial charge is 0.463 e. The highest BCUT2D eigenvalue weighted by atomic mass is 16.6. The average molecular weight is 299 g/mol. The Morgan fingerprint density at radius 2 is 2.14 bits per heavy atom. The quantitative estimate of drug-likeness (QED) is 0.723. The van der Waals surface area contributed by atoms with E-state index in [0.29, 0.717) is 19.1 Å². The first-order chi connectivity index (χ1) is 10.0. The summed E-state index contributed by atoms with van der Waals surface area (Å²) in [6, 6.07) is 0. The van der Waals surface area contributed by atoms with Crippen LogP contribution < -0.4 is 0 Å². The predicted molar refractivity (Wildman–Crippen MR) is 80.1 cm³/mol. The van der Waals surface area contributed by atoms with Gasteiger partial charge in [0, 0.05) is 26.2 Å². The minimum atomic E-state index is -0.0882. The van der Waals surface area contributed by atoms with Crippen molar-refractivity contribution in [1.29, 1.82) is 0 Å². The van der Waals surface area contributed by atoms with Crippen LogP contribution in [0.15, 0.2) is 0 Å². The van der Waals surface area contributed by atoms with Crippen LogP contribution >= 0.6 is 0 Å². The Bertz CT molecular complexity index is 334. The molecule has 0 aliphatic carbocycles. The van der Waals surface area contributed by atoms with E-state index in [4.69, 9.17) is 14.2 Å². The summed E-state index contributed by atoms with van der Waals surface area (Å²) in [6.07, 6.45) is 1.71. The molecule has 0 spiro atoms. The Morgan fingerprint density at radius 3 is 2.86 bits per heavy atom. The molecular formula is C16H29NO4. The van der Waals surface area contributed by atoms with Crippen molar-refractivity contribution in [3.8, 4) is 0 Å². The Balaban J connectivity index is 1.70. The number of carbonyl (C=O) groups excluding carboxylic acids is 1. The van der Waals surface area contributed by atoms with Crippen LogP contribution in [0.4, 0.5) is 0 Å². The van der Waals surface area contributed by atoms with E-state index in [1.165, 1.54) is 0 Å². The molecule has 2 aliphatic rings. The normalized spacial score (nSPS) is 31.3. The van der Waals surface area contributed by atoms with Crippen LogP contribution in [0.5, 0.6) is 0 Å². The van der Waals surface area contributed by atoms with Crippen LogP contribution in [0, 0.1) is 11.8 Å². The van der Waals surface area contributed by atoms with E-state index in [0.717, 1.165) is 39.1 Å². The van der Waals surface area contributed by atoms with Crippen LogP contribution in [-0.4, -0.2) is 62.5 Å². The monoisotopic (exact) mass is 299 g/mol. The third-order valence-electron chi connectivity index (χ3n) is 4.08. The first kappa shape index (κ1) is 16.7. The van der Waals surface area contributed by atoms with Gasteiger partial charge in [-0.15, -0.1) is 0 Å². The van der Waals surface area contributed by atoms with Crippen LogP contribution in [0.1, 0.15) is 33.6 Å². The minimum Gasteiger partial charge on any atom is -0.463 e. The number of morpholine rings is 1. The Kier molecular flexibility index (Phi) is 6.45. The average Bonchev–Trinajstić information content (AvgIpc) is 2.44. The first-order valence-electron chi connectivity index (χ1n) is 8.16. The highest BCUT2D eigenvalue weighted by Crippen LogP contribution is 2.21. The summed E-state index contributed by atoms with van der Waals surface area (Å²) in [5.74, 6) is 0.550. The smallest absolute Gasteiger partial charge is 0.309 e. The fourth-order valence-electron chi connectivity index (χ4n) is 3.07. The number of hydrogen-bond acceptors (Lipinski definition) is 5. The summed E-state index contributed by atoms with van der Waals surface area (Å²) in [4.78, 5) is 14.5. The van der Waals surface area contributed by atoms with Gasteiger partial charge >= 0.3 is 5.97 Å². The van der Waals surface area contributed by atoms with Crippen molar-refractivity contribution in [2.24, 2.45) is 11.8 Å². The fraction of sp³-hybridized carbons (Fsp3) is 0.938. The molecule has 0 aromatic rings. The third kappa shape index (κ3) is 5.57. The van der Waals surface area contributed by atoms with Crippen molar-refractivity contribution < 1.29 is 19.0 Å². The number of rotatable bonds is 5. The lowest BCUT2D eigenvalue weighted by atomic mass is 9.96. The van der Waals surface area contributed by atoms with Gasteiger partial charge in [0.2, 0.25) is 0 Å². The minimum absolute atomic E-state index is 0.0101. The summed E-state index contributed by atoms with van der Waals surface area (Å²) in [7, 11) is 0. The molecule has 122 valence electrons. The maximum atomic E-state index is 12.1. The summed E-state index contributed by atoms with van der Waals surface area (Å²) < 4.78 is 16.6. The van der Waals surface area contributed by atoms with Crippen LogP contribution in [0.2, 0.25) is 0 Å². The standard InChI is InChI=1S/C16H29NO4/c1-12(2)9-17-5-7-20-15(10-17)11-21-16(18)14-4-6-19-13(3)8-14/h12-15H,4-11H2,1-3H3/t13-,14+,15-/m0/s1. The molecule has 21 heavy (non-hydrogen) atoms. The molecule has 0 unspecified atom stereocenters. The first-order valence-corrected chi connectivity index (χ1v) is 8.16. The molecule has 5 nitrogen and oxygen atoms in total. The molecule has 5 heteroatoms. The van der Waals surface area contributed by atoms with Gasteiger partial charge in [0.25, 0.3) is 0 Å². The van der Waals surface area contributed by atoms with Gasteiger partial charge in [-0.1, -0.05) is 13.8 Å². The van der Waals surface area contributed by atoms with Gasteiger partial charge in [0.05, 0.1) is 18.6 Å². The summed E-state index contributed by atoms with van der Waals surface area (Å²) in [6.45, 7) is 11.1. The number of nitrogens with zero attached hydrogens (tertiary/aromatic N) is 1. The molecule has 0 radical (unpaired) electrons. The molecule has 3 atom stereocenters. The Hall–Kier alpha value is -0.650. The number of carbonyl (C=O) groups is 1. The van der Waals surface area contributed by atoms with Gasteiger partial charge in [0.1, 0.15) is 12.7 Å². The third-order valence-corrected chi connectivity index (χ3v) is 4.08. The van der Waals surface area contributed by atoms with E-state index < -0.39 is 0 Å². The van der Waals surface area contributed by atoms with Gasteiger partial charge in [-0.3, -0.25) is 9.69 Å². The molecule has 0 bridgehead atoms. The molecule has 0 N–H and O–H groups in total. The van der Waals surface area contributed by atoms with Gasteiger partial charge in [-0.05, 0) is 25.7 Å². The van der Waals surface area contributed by atoms with E-state index in [1.54, 1.807) is 0 Å². The van der Waals surface area contributed by atoms with Gasteiger partial charge in [-0.2, -0.15) is 0 Å². The van der Waals surface area contributed by atoms with Crippen molar-refractivity contribution in [3.05, 3.63) is 0 Å². The maximum Gasteiger partial charge on any atom is 0.309 e. The van der Waals surface area contributed by atoms with E-state index in [9.17, 15) is 4.79 Å². The molecule has 2 saturated heterocycles. The molecule has 0 saturated carbocycles. The second-order valence-electron chi connectivity index (χ2n) is 6.68. The molecule has 2 fully saturated rings. The second kappa shape index (κ2) is 8.11. The van der Waals surface area contributed by atoms with Gasteiger partial charge in [0.15, 0.2) is 0 Å². The topological polar surface area (TPSA) is 48.0 Å². The molecular weight excluding hydrogens is 270 g/mol. The SMILES string of the molecule is CC(C)CN1CCO[C@H](COC(=O)[C@@H]2CCO[C@@H](C)C2)C1. The summed E-state index contributed by atoms with van der Waals surface area (Å²) >= 11 is 0. The van der Waals surface area contributed by atoms with E-state index in [1.807, 2.05) is 6.92 Å². The highest BCUT2D eigenvalue weighted by molar-refractivity contribution is 5.72. The van der Waals surface area contributed by atoms with Crippen molar-refractivity contribution in [2.75, 3.05) is 39.5 Å². The summed E-state index contributed by atoms with van der Waals surface area (Å²) in [5, 5.41) is 0. The molecule has 0 aromatic heterocycles. The lowest BCUT2D eigenvalue weighted by molar-refractivity contribution is -0.160. The van der Waals surface area contributed by atoms with E-state index >= 15 is 0 Å². The maximum absolute atomic E-state index is 12.1. The number of hydrogen-bond donors (Lipinski definition) is 0. The van der Waals surface area contributed by atoms with Gasteiger partial charge in [-0.25, -0.2) is 0 Å². The lowest BCUT2D eigenvalue weighted by Crippen LogP contribution is -2.46. The zero-order valence-electron chi connectivity index (χ0n) is 13.5. The van der Waals surface area contributed by atoms with Crippen molar-refractivity contribution in [2.45, 2.75) is 45.8 Å². The zero-order chi connectivity index (χ0) is 15.2. The number of ether oxygens (including phenoxy) is 3. The molecule has 2 aliphatic heterocycles. The highest BCUT2D eigenvalue weighted by Gasteiger charge is 2.28. The fourth-order valence-corrected chi connectivity index (χ4v) is 3.07. The molecule has 2 rings (SSSR count). The number of esters is 1. The molecule has 2 heterocycles. The Morgan fingerprint density at radius 1 is 1.33 bits per heavy atom. The van der Waals surface area contributed by atoms with Crippen molar-refractivity contribution in [1.82, 2.24) is 4.90 Å². The van der Waals surface area contributed by atoms with Crippen LogP contribution in [0.3, 0.4) is 0 Å². The van der Waals surface area contributed by atoms with Crippen LogP contribution in [-0.2, 0) is 19.0 Å². The summed E-state index contributed by atoms with van der Waals surface area (Å²) in [5.41, 5.74) is 0. The van der Waals surface area contributed by atoms with Crippen molar-refractivity contribution >= 4 is 5.97 Å². The zero-order valence-corrected chi connectivity index (χ0v) is 13.5. The van der Waals surface area contributed by atoms with E-state index in [2.05, 4.69) is 18.7 Å².